The fraction of sp³-hybridized carbons (Fsp3) is 0.235. The molecule has 1 amide bonds. The molecule has 116 valence electrons. The summed E-state index contributed by atoms with van der Waals surface area (Å²) in [6.45, 7) is 1.02. The molecule has 0 aliphatic heterocycles. The second kappa shape index (κ2) is 8.27. The number of likely N-dealkylation sites (N-methyl/N-ethyl adjacent to an activating group) is 1. The van der Waals surface area contributed by atoms with Gasteiger partial charge in [0, 0.05) is 23.2 Å². The van der Waals surface area contributed by atoms with E-state index in [1.807, 2.05) is 30.3 Å². The molecule has 1 heterocycles. The second-order valence-electron chi connectivity index (χ2n) is 5.21. The fourth-order valence-corrected chi connectivity index (χ4v) is 3.19. The van der Waals surface area contributed by atoms with Crippen LogP contribution in [0.25, 0.3) is 6.08 Å². The van der Waals surface area contributed by atoms with E-state index in [0.29, 0.717) is 0 Å². The molecule has 1 aromatic carbocycles. The topological polar surface area (TPSA) is 32.3 Å². The van der Waals surface area contributed by atoms with Crippen LogP contribution in [0.4, 0.5) is 5.69 Å². The predicted octanol–water partition coefficient (Wildman–Crippen LogP) is 4.27. The number of hydrogen-bond donors (Lipinski definition) is 1. The summed E-state index contributed by atoms with van der Waals surface area (Å²) < 4.78 is 1.06. The van der Waals surface area contributed by atoms with E-state index < -0.39 is 0 Å². The summed E-state index contributed by atoms with van der Waals surface area (Å²) in [6, 6.07) is 11.9. The van der Waals surface area contributed by atoms with Gasteiger partial charge in [0.15, 0.2) is 0 Å². The Balaban J connectivity index is 1.87. The summed E-state index contributed by atoms with van der Waals surface area (Å²) in [6.07, 6.45) is 4.38. The molecule has 0 saturated carbocycles. The Labute approximate surface area is 143 Å². The minimum atomic E-state index is -0.120. The number of rotatable bonds is 6. The molecule has 0 aliphatic carbocycles. The highest BCUT2D eigenvalue weighted by atomic mass is 79.9. The van der Waals surface area contributed by atoms with E-state index >= 15 is 0 Å². The lowest BCUT2D eigenvalue weighted by atomic mass is 10.1. The highest BCUT2D eigenvalue weighted by Crippen LogP contribution is 2.23. The number of amides is 1. The Kier molecular flexibility index (Phi) is 6.36. The lowest BCUT2D eigenvalue weighted by Gasteiger charge is -2.09. The first kappa shape index (κ1) is 16.9. The van der Waals surface area contributed by atoms with Gasteiger partial charge in [0.05, 0.1) is 3.79 Å². The van der Waals surface area contributed by atoms with Gasteiger partial charge in [0.25, 0.3) is 0 Å². The monoisotopic (exact) mass is 378 g/mol. The van der Waals surface area contributed by atoms with Crippen molar-refractivity contribution < 1.29 is 4.79 Å². The smallest absolute Gasteiger partial charge is 0.248 e. The zero-order chi connectivity index (χ0) is 15.9. The maximum atomic E-state index is 11.9. The zero-order valence-electron chi connectivity index (χ0n) is 12.7. The molecule has 0 fully saturated rings. The fourth-order valence-electron chi connectivity index (χ4n) is 1.87. The van der Waals surface area contributed by atoms with E-state index in [0.717, 1.165) is 27.3 Å². The molecule has 1 aromatic heterocycles. The largest absolute Gasteiger partial charge is 0.323 e. The van der Waals surface area contributed by atoms with Crippen LogP contribution in [0.5, 0.6) is 0 Å². The van der Waals surface area contributed by atoms with E-state index in [-0.39, 0.29) is 5.91 Å². The average Bonchev–Trinajstić information content (AvgIpc) is 2.90. The van der Waals surface area contributed by atoms with Gasteiger partial charge in [0.1, 0.15) is 0 Å². The molecule has 2 rings (SSSR count). The SMILES string of the molecule is CN(C)CCc1ccc(NC(=O)/C=C/c2ccc(Br)s2)cc1. The summed E-state index contributed by atoms with van der Waals surface area (Å²) in [4.78, 5) is 15.1. The third-order valence-electron chi connectivity index (χ3n) is 3.06. The van der Waals surface area contributed by atoms with Crippen molar-refractivity contribution in [2.45, 2.75) is 6.42 Å². The van der Waals surface area contributed by atoms with Gasteiger partial charge in [-0.15, -0.1) is 11.3 Å². The number of nitrogens with zero attached hydrogens (tertiary/aromatic N) is 1. The number of carbonyl (C=O) groups excluding carboxylic acids is 1. The van der Waals surface area contributed by atoms with Gasteiger partial charge in [-0.1, -0.05) is 12.1 Å². The van der Waals surface area contributed by atoms with Gasteiger partial charge < -0.3 is 10.2 Å². The minimum Gasteiger partial charge on any atom is -0.323 e. The first-order chi connectivity index (χ1) is 10.5. The third-order valence-corrected chi connectivity index (χ3v) is 4.65. The molecular formula is C17H19BrN2OS. The van der Waals surface area contributed by atoms with Gasteiger partial charge in [-0.2, -0.15) is 0 Å². The molecule has 1 N–H and O–H groups in total. The lowest BCUT2D eigenvalue weighted by molar-refractivity contribution is -0.111. The summed E-state index contributed by atoms with van der Waals surface area (Å²) in [5.74, 6) is -0.120. The Morgan fingerprint density at radius 3 is 2.55 bits per heavy atom. The molecule has 0 saturated heterocycles. The molecule has 0 bridgehead atoms. The van der Waals surface area contributed by atoms with Crippen LogP contribution in [0.15, 0.2) is 46.3 Å². The number of benzene rings is 1. The number of hydrogen-bond acceptors (Lipinski definition) is 3. The second-order valence-corrected chi connectivity index (χ2v) is 7.71. The van der Waals surface area contributed by atoms with Gasteiger partial charge in [-0.3, -0.25) is 4.79 Å². The van der Waals surface area contributed by atoms with E-state index in [9.17, 15) is 4.79 Å². The van der Waals surface area contributed by atoms with Gasteiger partial charge in [-0.25, -0.2) is 0 Å². The van der Waals surface area contributed by atoms with Crippen LogP contribution < -0.4 is 5.32 Å². The number of anilines is 1. The molecule has 0 aliphatic rings. The van der Waals surface area contributed by atoms with Crippen LogP contribution in [0.1, 0.15) is 10.4 Å². The van der Waals surface area contributed by atoms with Crippen LogP contribution >= 0.6 is 27.3 Å². The van der Waals surface area contributed by atoms with Crippen molar-refractivity contribution in [3.05, 3.63) is 56.7 Å². The van der Waals surface area contributed by atoms with E-state index in [1.165, 1.54) is 5.56 Å². The molecular weight excluding hydrogens is 360 g/mol. The quantitative estimate of drug-likeness (QED) is 0.761. The number of halogens is 1. The summed E-state index contributed by atoms with van der Waals surface area (Å²) in [5.41, 5.74) is 2.08. The average molecular weight is 379 g/mol. The first-order valence-electron chi connectivity index (χ1n) is 7.01. The number of thiophene rings is 1. The number of carbonyl (C=O) groups is 1. The van der Waals surface area contributed by atoms with Crippen LogP contribution in [-0.2, 0) is 11.2 Å². The highest BCUT2D eigenvalue weighted by molar-refractivity contribution is 9.11. The molecule has 5 heteroatoms. The molecule has 3 nitrogen and oxygen atoms in total. The van der Waals surface area contributed by atoms with E-state index in [1.54, 1.807) is 17.4 Å². The van der Waals surface area contributed by atoms with Crippen molar-refractivity contribution in [1.82, 2.24) is 4.90 Å². The van der Waals surface area contributed by atoms with Crippen molar-refractivity contribution in [3.63, 3.8) is 0 Å². The molecule has 0 atom stereocenters. The Bertz CT molecular complexity index is 647. The number of nitrogens with one attached hydrogen (secondary N) is 1. The van der Waals surface area contributed by atoms with Crippen LogP contribution in [-0.4, -0.2) is 31.4 Å². The summed E-state index contributed by atoms with van der Waals surface area (Å²) >= 11 is 4.99. The Hall–Kier alpha value is -1.43. The van der Waals surface area contributed by atoms with E-state index in [4.69, 9.17) is 0 Å². The van der Waals surface area contributed by atoms with Gasteiger partial charge in [-0.05, 0) is 72.4 Å². The zero-order valence-corrected chi connectivity index (χ0v) is 15.1. The molecule has 0 spiro atoms. The molecule has 0 radical (unpaired) electrons. The minimum absolute atomic E-state index is 0.120. The molecule has 2 aromatic rings. The van der Waals surface area contributed by atoms with Crippen LogP contribution in [0.3, 0.4) is 0 Å². The maximum Gasteiger partial charge on any atom is 0.248 e. The first-order valence-corrected chi connectivity index (χ1v) is 8.62. The Morgan fingerprint density at radius 1 is 1.23 bits per heavy atom. The van der Waals surface area contributed by atoms with Gasteiger partial charge in [0.2, 0.25) is 5.91 Å². The van der Waals surface area contributed by atoms with Crippen molar-refractivity contribution in [1.29, 1.82) is 0 Å². The molecule has 22 heavy (non-hydrogen) atoms. The lowest BCUT2D eigenvalue weighted by Crippen LogP contribution is -2.15. The van der Waals surface area contributed by atoms with Crippen molar-refractivity contribution >= 4 is 44.9 Å². The van der Waals surface area contributed by atoms with Crippen LogP contribution in [0.2, 0.25) is 0 Å². The van der Waals surface area contributed by atoms with Crippen molar-refractivity contribution in [3.8, 4) is 0 Å². The van der Waals surface area contributed by atoms with E-state index in [2.05, 4.69) is 52.4 Å². The van der Waals surface area contributed by atoms with Crippen molar-refractivity contribution in [2.24, 2.45) is 0 Å². The third kappa shape index (κ3) is 5.75. The molecule has 0 unspecified atom stereocenters. The van der Waals surface area contributed by atoms with Crippen molar-refractivity contribution in [2.75, 3.05) is 26.0 Å². The standard InChI is InChI=1S/C17H19BrN2OS/c1-20(2)12-11-13-3-5-14(6-4-13)19-17(21)10-8-15-7-9-16(18)22-15/h3-10H,11-12H2,1-2H3,(H,19,21)/b10-8+. The predicted molar refractivity (Wildman–Crippen MR) is 98.4 cm³/mol. The normalized spacial score (nSPS) is 11.3. The summed E-state index contributed by atoms with van der Waals surface area (Å²) in [7, 11) is 4.13. The summed E-state index contributed by atoms with van der Waals surface area (Å²) in [5, 5.41) is 2.87. The van der Waals surface area contributed by atoms with Gasteiger partial charge >= 0.3 is 0 Å². The Morgan fingerprint density at radius 2 is 1.95 bits per heavy atom. The van der Waals surface area contributed by atoms with Crippen LogP contribution in [0, 0.1) is 0 Å². The maximum absolute atomic E-state index is 11.9. The highest BCUT2D eigenvalue weighted by Gasteiger charge is 2.00.